The Bertz CT molecular complexity index is 1120. The van der Waals surface area contributed by atoms with Crippen LogP contribution in [0.25, 0.3) is 0 Å². The minimum absolute atomic E-state index is 0.127. The van der Waals surface area contributed by atoms with Crippen LogP contribution in [0.4, 0.5) is 28.6 Å². The van der Waals surface area contributed by atoms with Crippen molar-refractivity contribution in [2.75, 3.05) is 16.0 Å². The number of rotatable bonds is 2. The van der Waals surface area contributed by atoms with Gasteiger partial charge in [-0.25, -0.2) is 4.98 Å². The molecule has 1 aromatic heterocycles. The maximum absolute atomic E-state index is 12.9. The van der Waals surface area contributed by atoms with E-state index in [2.05, 4.69) is 27.0 Å². The lowest BCUT2D eigenvalue weighted by Gasteiger charge is -2.14. The van der Waals surface area contributed by atoms with Crippen LogP contribution in [0.1, 0.15) is 21.5 Å². The molecule has 0 saturated heterocycles. The Morgan fingerprint density at radius 1 is 1.07 bits per heavy atom. The summed E-state index contributed by atoms with van der Waals surface area (Å²) >= 11 is 0. The molecular weight excluding hydrogens is 342 g/mol. The summed E-state index contributed by atoms with van der Waals surface area (Å²) in [4.78, 5) is 17.2. The van der Waals surface area contributed by atoms with Crippen molar-refractivity contribution in [1.29, 1.82) is 5.26 Å². The Labute approximate surface area is 155 Å². The van der Waals surface area contributed by atoms with Gasteiger partial charge in [0.1, 0.15) is 17.1 Å². The van der Waals surface area contributed by atoms with Crippen molar-refractivity contribution < 1.29 is 9.90 Å². The number of phenolic OH excluding ortho intramolecular Hbond substituents is 1. The molecule has 2 aromatic carbocycles. The lowest BCUT2D eigenvalue weighted by Crippen LogP contribution is -2.14. The van der Waals surface area contributed by atoms with E-state index in [-0.39, 0.29) is 11.7 Å². The number of amides is 1. The fourth-order valence-electron chi connectivity index (χ4n) is 2.92. The van der Waals surface area contributed by atoms with E-state index in [1.807, 2.05) is 6.92 Å². The van der Waals surface area contributed by atoms with Gasteiger partial charge in [0.15, 0.2) is 0 Å². The minimum atomic E-state index is -0.347. The zero-order chi connectivity index (χ0) is 19.0. The number of nitriles is 1. The van der Waals surface area contributed by atoms with Crippen molar-refractivity contribution in [2.24, 2.45) is 0 Å². The molecule has 0 atom stereocenters. The van der Waals surface area contributed by atoms with Crippen LogP contribution in [0, 0.1) is 18.3 Å². The summed E-state index contributed by atoms with van der Waals surface area (Å²) in [6, 6.07) is 13.7. The highest BCUT2D eigenvalue weighted by molar-refractivity contribution is 6.15. The van der Waals surface area contributed by atoms with Crippen LogP contribution in [-0.4, -0.2) is 16.0 Å². The number of nitrogens with one attached hydrogen (secondary N) is 3. The quantitative estimate of drug-likeness (QED) is 0.551. The number of phenols is 1. The van der Waals surface area contributed by atoms with E-state index in [4.69, 9.17) is 5.26 Å². The number of carbonyl (C=O) groups excluding carboxylic acids is 1. The van der Waals surface area contributed by atoms with E-state index in [0.717, 1.165) is 5.56 Å². The molecule has 4 N–H and O–H groups in total. The number of aromatic hydroxyl groups is 1. The standard InChI is InChI=1S/C20H15N5O2/c1-11-2-4-13(26)9-16(11)23-15-6-7-22-19-18(15)20(27)25-17-8-12(10-21)3-5-14(17)24-19/h2-9,26H,1H3,(H,25,27)(H2,22,23,24). The third-order valence-electron chi connectivity index (χ3n) is 4.32. The summed E-state index contributed by atoms with van der Waals surface area (Å²) in [5.41, 5.74) is 4.10. The van der Waals surface area contributed by atoms with Crippen LogP contribution in [0.2, 0.25) is 0 Å². The molecule has 4 rings (SSSR count). The molecule has 0 spiro atoms. The molecule has 0 radical (unpaired) electrons. The number of hydrogen-bond donors (Lipinski definition) is 4. The van der Waals surface area contributed by atoms with E-state index < -0.39 is 0 Å². The molecule has 0 fully saturated rings. The van der Waals surface area contributed by atoms with Crippen molar-refractivity contribution >= 4 is 34.5 Å². The summed E-state index contributed by atoms with van der Waals surface area (Å²) in [7, 11) is 0. The summed E-state index contributed by atoms with van der Waals surface area (Å²) in [5.74, 6) is 0.181. The fourth-order valence-corrected chi connectivity index (χ4v) is 2.92. The Hall–Kier alpha value is -4.05. The monoisotopic (exact) mass is 357 g/mol. The number of hydrogen-bond acceptors (Lipinski definition) is 6. The topological polar surface area (TPSA) is 110 Å². The second-order valence-electron chi connectivity index (χ2n) is 6.16. The maximum Gasteiger partial charge on any atom is 0.261 e. The van der Waals surface area contributed by atoms with Crippen LogP contribution in [0.15, 0.2) is 48.7 Å². The van der Waals surface area contributed by atoms with Crippen LogP contribution >= 0.6 is 0 Å². The predicted molar refractivity (Wildman–Crippen MR) is 103 cm³/mol. The third-order valence-corrected chi connectivity index (χ3v) is 4.32. The Morgan fingerprint density at radius 3 is 2.74 bits per heavy atom. The van der Waals surface area contributed by atoms with Crippen molar-refractivity contribution in [3.63, 3.8) is 0 Å². The number of nitrogens with zero attached hydrogens (tertiary/aromatic N) is 2. The smallest absolute Gasteiger partial charge is 0.261 e. The number of benzene rings is 2. The molecule has 0 aliphatic carbocycles. The molecule has 0 saturated carbocycles. The summed E-state index contributed by atoms with van der Waals surface area (Å²) in [6.07, 6.45) is 1.59. The molecule has 132 valence electrons. The molecule has 0 bridgehead atoms. The predicted octanol–water partition coefficient (Wildman–Crippen LogP) is 4.02. The molecule has 1 amide bonds. The van der Waals surface area contributed by atoms with Gasteiger partial charge in [0.25, 0.3) is 5.91 Å². The van der Waals surface area contributed by atoms with Gasteiger partial charge >= 0.3 is 0 Å². The number of fused-ring (bicyclic) bond motifs is 2. The Kier molecular flexibility index (Phi) is 3.86. The largest absolute Gasteiger partial charge is 0.508 e. The first-order valence-electron chi connectivity index (χ1n) is 8.23. The molecule has 1 aliphatic rings. The minimum Gasteiger partial charge on any atom is -0.508 e. The van der Waals surface area contributed by atoms with Gasteiger partial charge in [-0.05, 0) is 42.8 Å². The second-order valence-corrected chi connectivity index (χ2v) is 6.16. The lowest BCUT2D eigenvalue weighted by molar-refractivity contribution is 0.102. The van der Waals surface area contributed by atoms with E-state index in [1.165, 1.54) is 0 Å². The number of anilines is 5. The number of aryl methyl sites for hydroxylation is 1. The second kappa shape index (κ2) is 6.35. The molecule has 1 aliphatic heterocycles. The highest BCUT2D eigenvalue weighted by atomic mass is 16.3. The van der Waals surface area contributed by atoms with Crippen LogP contribution < -0.4 is 16.0 Å². The van der Waals surface area contributed by atoms with E-state index in [1.54, 1.807) is 48.7 Å². The van der Waals surface area contributed by atoms with Crippen molar-refractivity contribution in [3.8, 4) is 11.8 Å². The van der Waals surface area contributed by atoms with Gasteiger partial charge in [0.05, 0.1) is 28.7 Å². The summed E-state index contributed by atoms with van der Waals surface area (Å²) in [6.45, 7) is 1.90. The number of pyridine rings is 1. The maximum atomic E-state index is 12.9. The highest BCUT2D eigenvalue weighted by Crippen LogP contribution is 2.36. The number of carbonyl (C=O) groups is 1. The van der Waals surface area contributed by atoms with E-state index in [9.17, 15) is 9.90 Å². The van der Waals surface area contributed by atoms with Gasteiger partial charge in [-0.3, -0.25) is 4.79 Å². The van der Waals surface area contributed by atoms with Gasteiger partial charge in [-0.2, -0.15) is 5.26 Å². The molecule has 7 heteroatoms. The molecule has 7 nitrogen and oxygen atoms in total. The van der Waals surface area contributed by atoms with E-state index in [0.29, 0.717) is 39.7 Å². The molecule has 3 aromatic rings. The van der Waals surface area contributed by atoms with Gasteiger partial charge in [0.2, 0.25) is 0 Å². The average molecular weight is 357 g/mol. The Balaban J connectivity index is 1.78. The lowest BCUT2D eigenvalue weighted by atomic mass is 10.1. The first kappa shape index (κ1) is 16.4. The molecule has 2 heterocycles. The third kappa shape index (κ3) is 3.00. The number of aromatic nitrogens is 1. The van der Waals surface area contributed by atoms with Gasteiger partial charge < -0.3 is 21.1 Å². The highest BCUT2D eigenvalue weighted by Gasteiger charge is 2.24. The molecule has 0 unspecified atom stereocenters. The zero-order valence-electron chi connectivity index (χ0n) is 14.4. The van der Waals surface area contributed by atoms with Gasteiger partial charge in [0, 0.05) is 18.0 Å². The fraction of sp³-hybridized carbons (Fsp3) is 0.0500. The zero-order valence-corrected chi connectivity index (χ0v) is 14.4. The van der Waals surface area contributed by atoms with Gasteiger partial charge in [-0.1, -0.05) is 6.07 Å². The average Bonchev–Trinajstić information content (AvgIpc) is 2.80. The van der Waals surface area contributed by atoms with Crippen LogP contribution in [0.5, 0.6) is 5.75 Å². The summed E-state index contributed by atoms with van der Waals surface area (Å²) < 4.78 is 0. The van der Waals surface area contributed by atoms with Gasteiger partial charge in [-0.15, -0.1) is 0 Å². The van der Waals surface area contributed by atoms with Crippen molar-refractivity contribution in [3.05, 3.63) is 65.4 Å². The summed E-state index contributed by atoms with van der Waals surface area (Å²) in [5, 5.41) is 28.0. The molecule has 27 heavy (non-hydrogen) atoms. The molecular formula is C20H15N5O2. The normalized spacial score (nSPS) is 11.9. The first-order valence-corrected chi connectivity index (χ1v) is 8.23. The first-order chi connectivity index (χ1) is 13.0. The van der Waals surface area contributed by atoms with Crippen molar-refractivity contribution in [1.82, 2.24) is 4.98 Å². The van der Waals surface area contributed by atoms with E-state index >= 15 is 0 Å². The van der Waals surface area contributed by atoms with Crippen LogP contribution in [0.3, 0.4) is 0 Å². The van der Waals surface area contributed by atoms with Crippen LogP contribution in [-0.2, 0) is 0 Å². The Morgan fingerprint density at radius 2 is 1.93 bits per heavy atom. The SMILES string of the molecule is Cc1ccc(O)cc1Nc1ccnc2c1C(=O)Nc1cc(C#N)ccc1N2. The van der Waals surface area contributed by atoms with Crippen molar-refractivity contribution in [2.45, 2.75) is 6.92 Å².